The van der Waals surface area contributed by atoms with Gasteiger partial charge in [0.1, 0.15) is 0 Å². The van der Waals surface area contributed by atoms with Gasteiger partial charge in [0.05, 0.1) is 38.6 Å². The van der Waals surface area contributed by atoms with Gasteiger partial charge in [-0.2, -0.15) is 0 Å². The van der Waals surface area contributed by atoms with Gasteiger partial charge < -0.3 is 14.7 Å². The molecule has 0 saturated heterocycles. The molecule has 0 N–H and O–H groups in total. The van der Waals surface area contributed by atoms with Gasteiger partial charge in [-0.05, 0) is 0 Å². The van der Waals surface area contributed by atoms with Crippen LogP contribution in [-0.2, 0) is 0 Å². The average Bonchev–Trinajstić information content (AvgIpc) is 2.42. The maximum atomic E-state index is 4.39. The molecule has 0 aromatic carbocycles. The van der Waals surface area contributed by atoms with Crippen molar-refractivity contribution in [3.05, 3.63) is 0 Å². The number of aliphatic imine (C=N–C) groups is 3. The molecule has 128 valence electrons. The highest BCUT2D eigenvalue weighted by atomic mass is 15.2. The number of hydrogen-bond acceptors (Lipinski definition) is 4. The minimum Gasteiger partial charge on any atom is -0.369 e. The topological polar surface area (TPSA) is 50.0 Å². The molecule has 7 nitrogen and oxygen atoms in total. The fourth-order valence-electron chi connectivity index (χ4n) is 1.60. The molecule has 0 bridgehead atoms. The van der Waals surface area contributed by atoms with Crippen molar-refractivity contribution in [2.75, 3.05) is 81.6 Å². The molecule has 0 spiro atoms. The van der Waals surface area contributed by atoms with Gasteiger partial charge in [0, 0.05) is 61.9 Å². The summed E-state index contributed by atoms with van der Waals surface area (Å²) in [7, 11) is 11.9. The molecule has 0 radical (unpaired) electrons. The predicted molar refractivity (Wildman–Crippen MR) is 97.6 cm³/mol. The first-order valence-corrected chi connectivity index (χ1v) is 7.63. The molecule has 0 aromatic rings. The van der Waals surface area contributed by atoms with Gasteiger partial charge in [-0.15, -0.1) is 0 Å². The summed E-state index contributed by atoms with van der Waals surface area (Å²) >= 11 is 0. The molecule has 0 saturated carbocycles. The second-order valence-corrected chi connectivity index (χ2v) is 5.80. The Hall–Kier alpha value is -1.63. The fourth-order valence-corrected chi connectivity index (χ4v) is 1.60. The van der Waals surface area contributed by atoms with Crippen LogP contribution in [0.25, 0.3) is 0 Å². The van der Waals surface area contributed by atoms with E-state index >= 15 is 0 Å². The van der Waals surface area contributed by atoms with Gasteiger partial charge in [0.25, 0.3) is 0 Å². The molecule has 0 aliphatic heterocycles. The largest absolute Gasteiger partial charge is 0.369 e. The highest BCUT2D eigenvalue weighted by molar-refractivity contribution is 5.54. The van der Waals surface area contributed by atoms with Crippen molar-refractivity contribution in [2.45, 2.75) is 0 Å². The quantitative estimate of drug-likeness (QED) is 0.378. The molecular weight excluding hydrogens is 278 g/mol. The SMILES string of the molecule is CN(C)C=NCCN(CCN=CN(C)C)CCN=CN(C)C. The van der Waals surface area contributed by atoms with Crippen LogP contribution >= 0.6 is 0 Å². The van der Waals surface area contributed by atoms with Gasteiger partial charge in [-0.25, -0.2) is 0 Å². The Labute approximate surface area is 136 Å². The molecule has 0 unspecified atom stereocenters. The third-order valence-corrected chi connectivity index (χ3v) is 2.57. The van der Waals surface area contributed by atoms with Crippen molar-refractivity contribution in [3.8, 4) is 0 Å². The number of nitrogens with zero attached hydrogens (tertiary/aromatic N) is 7. The van der Waals surface area contributed by atoms with E-state index in [1.54, 1.807) is 0 Å². The predicted octanol–water partition coefficient (Wildman–Crippen LogP) is 0.0581. The lowest BCUT2D eigenvalue weighted by Crippen LogP contribution is -2.32. The second kappa shape index (κ2) is 13.1. The lowest BCUT2D eigenvalue weighted by Gasteiger charge is -2.19. The lowest BCUT2D eigenvalue weighted by atomic mass is 10.4. The summed E-state index contributed by atoms with van der Waals surface area (Å²) < 4.78 is 0. The summed E-state index contributed by atoms with van der Waals surface area (Å²) in [5, 5.41) is 0. The van der Waals surface area contributed by atoms with E-state index in [4.69, 9.17) is 0 Å². The van der Waals surface area contributed by atoms with Crippen molar-refractivity contribution < 1.29 is 0 Å². The summed E-state index contributed by atoms with van der Waals surface area (Å²) in [6.45, 7) is 5.19. The van der Waals surface area contributed by atoms with E-state index in [-0.39, 0.29) is 0 Å². The van der Waals surface area contributed by atoms with Crippen molar-refractivity contribution >= 4 is 19.0 Å². The van der Waals surface area contributed by atoms with E-state index in [0.29, 0.717) is 0 Å². The monoisotopic (exact) mass is 311 g/mol. The average molecular weight is 311 g/mol. The molecular formula is C15H33N7. The van der Waals surface area contributed by atoms with E-state index in [1.807, 2.05) is 76.0 Å². The Kier molecular flexibility index (Phi) is 12.1. The molecule has 0 heterocycles. The summed E-state index contributed by atoms with van der Waals surface area (Å²) in [6.07, 6.45) is 5.56. The highest BCUT2D eigenvalue weighted by Gasteiger charge is 2.02. The van der Waals surface area contributed by atoms with Crippen LogP contribution in [0.15, 0.2) is 15.0 Å². The van der Waals surface area contributed by atoms with Crippen LogP contribution in [0.3, 0.4) is 0 Å². The van der Waals surface area contributed by atoms with E-state index in [0.717, 1.165) is 39.3 Å². The summed E-state index contributed by atoms with van der Waals surface area (Å²) in [5.41, 5.74) is 0. The summed E-state index contributed by atoms with van der Waals surface area (Å²) in [6, 6.07) is 0. The molecule has 0 amide bonds. The fraction of sp³-hybridized carbons (Fsp3) is 0.800. The first-order valence-electron chi connectivity index (χ1n) is 7.63. The molecule has 0 rings (SSSR count). The van der Waals surface area contributed by atoms with Crippen LogP contribution in [0.1, 0.15) is 0 Å². The van der Waals surface area contributed by atoms with Crippen LogP contribution in [0.5, 0.6) is 0 Å². The molecule has 7 heteroatoms. The van der Waals surface area contributed by atoms with Gasteiger partial charge in [0.15, 0.2) is 0 Å². The molecule has 0 aromatic heterocycles. The molecule has 0 aliphatic rings. The molecule has 0 fully saturated rings. The van der Waals surface area contributed by atoms with E-state index in [9.17, 15) is 0 Å². The first-order chi connectivity index (χ1) is 10.4. The highest BCUT2D eigenvalue weighted by Crippen LogP contribution is 1.90. The normalized spacial score (nSPS) is 12.1. The van der Waals surface area contributed by atoms with Crippen LogP contribution in [0.2, 0.25) is 0 Å². The van der Waals surface area contributed by atoms with Gasteiger partial charge in [-0.1, -0.05) is 0 Å². The minimum absolute atomic E-state index is 0.799. The van der Waals surface area contributed by atoms with Crippen LogP contribution in [0.4, 0.5) is 0 Å². The van der Waals surface area contributed by atoms with E-state index < -0.39 is 0 Å². The van der Waals surface area contributed by atoms with Gasteiger partial charge in [-0.3, -0.25) is 19.9 Å². The third kappa shape index (κ3) is 14.8. The van der Waals surface area contributed by atoms with Crippen molar-refractivity contribution in [1.82, 2.24) is 19.6 Å². The Balaban J connectivity index is 4.18. The Morgan fingerprint density at radius 2 is 0.818 bits per heavy atom. The maximum Gasteiger partial charge on any atom is 0.0845 e. The van der Waals surface area contributed by atoms with Crippen LogP contribution in [-0.4, -0.2) is 120 Å². The van der Waals surface area contributed by atoms with Gasteiger partial charge >= 0.3 is 0 Å². The lowest BCUT2D eigenvalue weighted by molar-refractivity contribution is 0.297. The van der Waals surface area contributed by atoms with Crippen molar-refractivity contribution in [1.29, 1.82) is 0 Å². The molecule has 0 aliphatic carbocycles. The zero-order valence-corrected chi connectivity index (χ0v) is 15.1. The smallest absolute Gasteiger partial charge is 0.0845 e. The van der Waals surface area contributed by atoms with Crippen molar-refractivity contribution in [2.24, 2.45) is 15.0 Å². The second-order valence-electron chi connectivity index (χ2n) is 5.80. The van der Waals surface area contributed by atoms with E-state index in [1.165, 1.54) is 0 Å². The third-order valence-electron chi connectivity index (χ3n) is 2.57. The molecule has 22 heavy (non-hydrogen) atoms. The Morgan fingerprint density at radius 1 is 0.545 bits per heavy atom. The standard InChI is InChI=1S/C15H33N7/c1-19(2)13-16-7-10-22(11-8-17-14-20(3)4)12-9-18-15-21(5)6/h13-15H,7-12H2,1-6H3. The maximum absolute atomic E-state index is 4.39. The van der Waals surface area contributed by atoms with Crippen molar-refractivity contribution in [3.63, 3.8) is 0 Å². The summed E-state index contributed by atoms with van der Waals surface area (Å²) in [4.78, 5) is 21.4. The van der Waals surface area contributed by atoms with Gasteiger partial charge in [0.2, 0.25) is 0 Å². The Morgan fingerprint density at radius 3 is 1.05 bits per heavy atom. The van der Waals surface area contributed by atoms with Crippen LogP contribution < -0.4 is 0 Å². The molecule has 0 atom stereocenters. The van der Waals surface area contributed by atoms with Crippen LogP contribution in [0, 0.1) is 0 Å². The van der Waals surface area contributed by atoms with E-state index in [2.05, 4.69) is 19.9 Å². The number of hydrogen-bond donors (Lipinski definition) is 0. The Bertz CT molecular complexity index is 282. The zero-order chi connectivity index (χ0) is 16.8. The summed E-state index contributed by atoms with van der Waals surface area (Å²) in [5.74, 6) is 0. The zero-order valence-electron chi connectivity index (χ0n) is 15.1. The number of rotatable bonds is 12. The first kappa shape index (κ1) is 20.4. The minimum atomic E-state index is 0.799.